The van der Waals surface area contributed by atoms with Crippen LogP contribution in [0.3, 0.4) is 0 Å². The predicted octanol–water partition coefficient (Wildman–Crippen LogP) is 2.34. The molecule has 0 saturated heterocycles. The zero-order valence-corrected chi connectivity index (χ0v) is 10.2. The first-order valence-electron chi connectivity index (χ1n) is 4.52. The molecule has 0 unspecified atom stereocenters. The minimum Gasteiger partial charge on any atom is -0.462 e. The number of aromatic nitrogens is 2. The fraction of sp³-hybridized carbons (Fsp3) is 0.200. The van der Waals surface area contributed by atoms with Crippen LogP contribution < -0.4 is 0 Å². The van der Waals surface area contributed by atoms with Crippen LogP contribution in [0.4, 0.5) is 0 Å². The molecule has 1 aromatic carbocycles. The summed E-state index contributed by atoms with van der Waals surface area (Å²) in [6.07, 6.45) is 1.61. The molecule has 0 spiro atoms. The molecular weight excluding hydrogens is 307 g/mol. The number of imidazole rings is 1. The Morgan fingerprint density at radius 1 is 1.60 bits per heavy atom. The van der Waals surface area contributed by atoms with Gasteiger partial charge in [-0.1, -0.05) is 0 Å². The smallest absolute Gasteiger partial charge is 0.338 e. The van der Waals surface area contributed by atoms with Crippen molar-refractivity contribution in [1.29, 1.82) is 0 Å². The van der Waals surface area contributed by atoms with Crippen molar-refractivity contribution in [2.45, 2.75) is 6.92 Å². The summed E-state index contributed by atoms with van der Waals surface area (Å²) in [6.45, 7) is 2.17. The van der Waals surface area contributed by atoms with Crippen LogP contribution in [0.15, 0.2) is 18.5 Å². The highest BCUT2D eigenvalue weighted by Gasteiger charge is 2.10. The van der Waals surface area contributed by atoms with Crippen LogP contribution in [0.1, 0.15) is 17.3 Å². The molecule has 2 rings (SSSR count). The summed E-state index contributed by atoms with van der Waals surface area (Å²) in [4.78, 5) is 18.6. The van der Waals surface area contributed by atoms with E-state index in [2.05, 4.69) is 32.6 Å². The summed E-state index contributed by atoms with van der Waals surface area (Å²) in [7, 11) is 0. The van der Waals surface area contributed by atoms with E-state index in [0.717, 1.165) is 14.6 Å². The molecule has 0 bridgehead atoms. The number of esters is 1. The van der Waals surface area contributed by atoms with E-state index in [1.54, 1.807) is 25.4 Å². The fourth-order valence-corrected chi connectivity index (χ4v) is 2.10. The molecule has 0 aliphatic carbocycles. The number of nitrogens with one attached hydrogen (secondary N) is 1. The number of H-pyrrole nitrogens is 1. The Bertz CT molecular complexity index is 507. The van der Waals surface area contributed by atoms with Crippen LogP contribution in [-0.4, -0.2) is 22.5 Å². The molecule has 0 atom stereocenters. The van der Waals surface area contributed by atoms with Gasteiger partial charge in [-0.3, -0.25) is 0 Å². The summed E-state index contributed by atoms with van der Waals surface area (Å²) >= 11 is 2.15. The Hall–Kier alpha value is -1.11. The lowest BCUT2D eigenvalue weighted by Gasteiger charge is -2.02. The number of ether oxygens (including phenoxy) is 1. The van der Waals surface area contributed by atoms with Crippen LogP contribution in [0, 0.1) is 3.57 Å². The maximum Gasteiger partial charge on any atom is 0.338 e. The average Bonchev–Trinajstić information content (AvgIpc) is 2.66. The number of nitrogens with zero attached hydrogens (tertiary/aromatic N) is 1. The van der Waals surface area contributed by atoms with Crippen LogP contribution >= 0.6 is 22.6 Å². The van der Waals surface area contributed by atoms with Gasteiger partial charge in [0, 0.05) is 3.57 Å². The van der Waals surface area contributed by atoms with Gasteiger partial charge in [-0.15, -0.1) is 0 Å². The van der Waals surface area contributed by atoms with Gasteiger partial charge in [0.05, 0.1) is 24.0 Å². The summed E-state index contributed by atoms with van der Waals surface area (Å²) in [5.74, 6) is -0.299. The van der Waals surface area contributed by atoms with Gasteiger partial charge < -0.3 is 9.72 Å². The summed E-state index contributed by atoms with van der Waals surface area (Å²) < 4.78 is 5.87. The number of carbonyl (C=O) groups excluding carboxylic acids is 1. The molecule has 0 aliphatic heterocycles. The highest BCUT2D eigenvalue weighted by Crippen LogP contribution is 2.20. The maximum absolute atomic E-state index is 11.5. The van der Waals surface area contributed by atoms with Gasteiger partial charge in [-0.05, 0) is 41.6 Å². The highest BCUT2D eigenvalue weighted by atomic mass is 127. The molecule has 0 saturated carbocycles. The first-order valence-corrected chi connectivity index (χ1v) is 5.60. The number of hydrogen-bond donors (Lipinski definition) is 1. The van der Waals surface area contributed by atoms with E-state index in [-0.39, 0.29) is 5.97 Å². The van der Waals surface area contributed by atoms with E-state index in [9.17, 15) is 4.79 Å². The van der Waals surface area contributed by atoms with E-state index in [1.807, 2.05) is 0 Å². The molecule has 0 fully saturated rings. The van der Waals surface area contributed by atoms with Gasteiger partial charge in [0.15, 0.2) is 0 Å². The zero-order chi connectivity index (χ0) is 10.8. The van der Waals surface area contributed by atoms with E-state index in [0.29, 0.717) is 12.2 Å². The van der Waals surface area contributed by atoms with Crippen molar-refractivity contribution in [1.82, 2.24) is 9.97 Å². The molecular formula is C10H9IN2O2. The molecule has 1 heterocycles. The van der Waals surface area contributed by atoms with Gasteiger partial charge in [0.2, 0.25) is 0 Å². The Morgan fingerprint density at radius 3 is 3.13 bits per heavy atom. The van der Waals surface area contributed by atoms with Gasteiger partial charge in [-0.2, -0.15) is 0 Å². The van der Waals surface area contributed by atoms with Crippen molar-refractivity contribution in [3.05, 3.63) is 27.6 Å². The number of benzene rings is 1. The molecule has 78 valence electrons. The van der Waals surface area contributed by atoms with Crippen molar-refractivity contribution >= 4 is 39.6 Å². The minimum absolute atomic E-state index is 0.299. The largest absolute Gasteiger partial charge is 0.462 e. The van der Waals surface area contributed by atoms with Crippen molar-refractivity contribution in [2.24, 2.45) is 0 Å². The average molecular weight is 316 g/mol. The SMILES string of the molecule is CCOC(=O)c1cc(I)c2nc[nH]c2c1. The first-order chi connectivity index (χ1) is 7.22. The second-order valence-corrected chi connectivity index (χ2v) is 4.14. The number of rotatable bonds is 2. The molecule has 5 heteroatoms. The monoisotopic (exact) mass is 316 g/mol. The second kappa shape index (κ2) is 4.18. The van der Waals surface area contributed by atoms with Crippen LogP contribution in [0.5, 0.6) is 0 Å². The van der Waals surface area contributed by atoms with Crippen molar-refractivity contribution < 1.29 is 9.53 Å². The third-order valence-electron chi connectivity index (χ3n) is 1.99. The third-order valence-corrected chi connectivity index (χ3v) is 2.81. The van der Waals surface area contributed by atoms with Gasteiger partial charge in [-0.25, -0.2) is 9.78 Å². The number of hydrogen-bond acceptors (Lipinski definition) is 3. The predicted molar refractivity (Wildman–Crippen MR) is 64.8 cm³/mol. The lowest BCUT2D eigenvalue weighted by molar-refractivity contribution is 0.0526. The molecule has 0 radical (unpaired) electrons. The van der Waals surface area contributed by atoms with Crippen LogP contribution in [0.2, 0.25) is 0 Å². The van der Waals surface area contributed by atoms with Crippen LogP contribution in [-0.2, 0) is 4.74 Å². The third kappa shape index (κ3) is 1.97. The Labute approximate surface area is 100 Å². The van der Waals surface area contributed by atoms with E-state index < -0.39 is 0 Å². The zero-order valence-electron chi connectivity index (χ0n) is 8.08. The number of halogens is 1. The lowest BCUT2D eigenvalue weighted by atomic mass is 10.2. The topological polar surface area (TPSA) is 55.0 Å². The van der Waals surface area contributed by atoms with E-state index >= 15 is 0 Å². The molecule has 15 heavy (non-hydrogen) atoms. The molecule has 2 aromatic rings. The summed E-state index contributed by atoms with van der Waals surface area (Å²) in [5.41, 5.74) is 2.28. The van der Waals surface area contributed by atoms with Gasteiger partial charge in [0.25, 0.3) is 0 Å². The van der Waals surface area contributed by atoms with Gasteiger partial charge in [0.1, 0.15) is 5.52 Å². The molecule has 0 amide bonds. The second-order valence-electron chi connectivity index (χ2n) is 2.98. The Morgan fingerprint density at radius 2 is 2.40 bits per heavy atom. The van der Waals surface area contributed by atoms with Crippen molar-refractivity contribution in [3.63, 3.8) is 0 Å². The Balaban J connectivity index is 2.49. The Kier molecular flexibility index (Phi) is 2.90. The molecule has 4 nitrogen and oxygen atoms in total. The molecule has 1 aromatic heterocycles. The minimum atomic E-state index is -0.299. The highest BCUT2D eigenvalue weighted by molar-refractivity contribution is 14.1. The number of carbonyl (C=O) groups is 1. The fourth-order valence-electron chi connectivity index (χ4n) is 1.34. The van der Waals surface area contributed by atoms with Crippen LogP contribution in [0.25, 0.3) is 11.0 Å². The molecule has 0 aliphatic rings. The molecule has 1 N–H and O–H groups in total. The maximum atomic E-state index is 11.5. The quantitative estimate of drug-likeness (QED) is 0.683. The van der Waals surface area contributed by atoms with Crippen molar-refractivity contribution in [2.75, 3.05) is 6.61 Å². The van der Waals surface area contributed by atoms with E-state index in [1.165, 1.54) is 0 Å². The first kappa shape index (κ1) is 10.4. The normalized spacial score (nSPS) is 10.5. The summed E-state index contributed by atoms with van der Waals surface area (Å²) in [5, 5.41) is 0. The number of fused-ring (bicyclic) bond motifs is 1. The van der Waals surface area contributed by atoms with E-state index in [4.69, 9.17) is 4.74 Å². The lowest BCUT2D eigenvalue weighted by Crippen LogP contribution is -2.04. The summed E-state index contributed by atoms with van der Waals surface area (Å²) in [6, 6.07) is 3.53. The van der Waals surface area contributed by atoms with Gasteiger partial charge >= 0.3 is 5.97 Å². The number of aromatic amines is 1. The standard InChI is InChI=1S/C10H9IN2O2/c1-2-15-10(14)6-3-7(11)9-8(4-6)12-5-13-9/h3-5H,2H2,1H3,(H,12,13). The van der Waals surface area contributed by atoms with Crippen molar-refractivity contribution in [3.8, 4) is 0 Å².